The molecule has 7 heteroatoms. The molecule has 0 aliphatic heterocycles. The number of ether oxygens (including phenoxy) is 2. The lowest BCUT2D eigenvalue weighted by atomic mass is 10.1. The lowest BCUT2D eigenvalue weighted by Gasteiger charge is -2.20. The molecule has 6 nitrogen and oxygen atoms in total. The predicted molar refractivity (Wildman–Crippen MR) is 131 cm³/mol. The molecule has 0 aromatic heterocycles. The monoisotopic (exact) mass is 512 g/mol. The summed E-state index contributed by atoms with van der Waals surface area (Å²) in [5, 5.41) is 6.70. The van der Waals surface area contributed by atoms with Gasteiger partial charge in [0.15, 0.2) is 17.5 Å². The molecule has 0 fully saturated rings. The van der Waals surface area contributed by atoms with Gasteiger partial charge in [-0.1, -0.05) is 36.4 Å². The van der Waals surface area contributed by atoms with Crippen molar-refractivity contribution in [1.82, 2.24) is 15.5 Å². The molecule has 0 saturated carbocycles. The Morgan fingerprint density at radius 2 is 1.62 bits per heavy atom. The van der Waals surface area contributed by atoms with Crippen molar-refractivity contribution in [2.75, 3.05) is 34.8 Å². The molecule has 1 atom stereocenters. The van der Waals surface area contributed by atoms with Gasteiger partial charge in [0.1, 0.15) is 6.10 Å². The Morgan fingerprint density at radius 1 is 1.00 bits per heavy atom. The molecule has 29 heavy (non-hydrogen) atoms. The summed E-state index contributed by atoms with van der Waals surface area (Å²) in [6, 6.07) is 16.1. The summed E-state index contributed by atoms with van der Waals surface area (Å²) in [5.41, 5.74) is 2.57. The quantitative estimate of drug-likeness (QED) is 0.306. The number of rotatable bonds is 9. The van der Waals surface area contributed by atoms with Crippen LogP contribution in [0.3, 0.4) is 0 Å². The Balaban J connectivity index is 0.00000420. The van der Waals surface area contributed by atoms with Crippen molar-refractivity contribution in [3.8, 4) is 11.5 Å². The van der Waals surface area contributed by atoms with Crippen LogP contribution in [0.4, 0.5) is 0 Å². The van der Waals surface area contributed by atoms with Gasteiger partial charge in [-0.25, -0.2) is 0 Å². The summed E-state index contributed by atoms with van der Waals surface area (Å²) in [5.74, 6) is 2.21. The zero-order valence-electron chi connectivity index (χ0n) is 17.9. The van der Waals surface area contributed by atoms with Crippen LogP contribution in [-0.2, 0) is 13.1 Å². The third-order valence-corrected chi connectivity index (χ3v) is 4.23. The Bertz CT molecular complexity index is 768. The number of hydrogen-bond acceptors (Lipinski definition) is 4. The number of guanidine groups is 1. The fourth-order valence-electron chi connectivity index (χ4n) is 2.84. The van der Waals surface area contributed by atoms with E-state index < -0.39 is 0 Å². The van der Waals surface area contributed by atoms with Crippen LogP contribution in [0.2, 0.25) is 0 Å². The predicted octanol–water partition coefficient (Wildman–Crippen LogP) is 3.51. The van der Waals surface area contributed by atoms with Gasteiger partial charge in [0.2, 0.25) is 0 Å². The van der Waals surface area contributed by atoms with Gasteiger partial charge in [0.05, 0.1) is 13.7 Å². The van der Waals surface area contributed by atoms with Gasteiger partial charge in [-0.15, -0.1) is 24.0 Å². The van der Waals surface area contributed by atoms with Crippen molar-refractivity contribution in [3.63, 3.8) is 0 Å². The largest absolute Gasteiger partial charge is 0.493 e. The molecular formula is C22H33IN4O2. The molecule has 0 aliphatic carbocycles. The average Bonchev–Trinajstić information content (AvgIpc) is 2.69. The Morgan fingerprint density at radius 3 is 2.24 bits per heavy atom. The molecule has 160 valence electrons. The molecule has 0 aliphatic rings. The first-order valence-corrected chi connectivity index (χ1v) is 9.49. The van der Waals surface area contributed by atoms with Gasteiger partial charge in [0, 0.05) is 20.1 Å². The van der Waals surface area contributed by atoms with Crippen LogP contribution in [0.1, 0.15) is 18.1 Å². The fourth-order valence-corrected chi connectivity index (χ4v) is 2.84. The molecule has 0 heterocycles. The third-order valence-electron chi connectivity index (χ3n) is 4.23. The molecule has 2 aromatic rings. The van der Waals surface area contributed by atoms with Gasteiger partial charge in [-0.05, 0) is 44.3 Å². The van der Waals surface area contributed by atoms with Gasteiger partial charge in [-0.2, -0.15) is 0 Å². The van der Waals surface area contributed by atoms with E-state index in [-0.39, 0.29) is 30.1 Å². The van der Waals surface area contributed by atoms with Crippen molar-refractivity contribution in [3.05, 3.63) is 59.7 Å². The molecule has 0 amide bonds. The summed E-state index contributed by atoms with van der Waals surface area (Å²) < 4.78 is 11.3. The normalized spacial score (nSPS) is 12.1. The topological polar surface area (TPSA) is 58.1 Å². The van der Waals surface area contributed by atoms with Gasteiger partial charge < -0.3 is 25.0 Å². The van der Waals surface area contributed by atoms with E-state index in [4.69, 9.17) is 9.47 Å². The Hall–Kier alpha value is -2.00. The van der Waals surface area contributed by atoms with Gasteiger partial charge in [-0.3, -0.25) is 4.99 Å². The van der Waals surface area contributed by atoms with Crippen LogP contribution in [-0.4, -0.2) is 51.8 Å². The van der Waals surface area contributed by atoms with Crippen molar-refractivity contribution in [1.29, 1.82) is 0 Å². The van der Waals surface area contributed by atoms with Crippen LogP contribution in [0.15, 0.2) is 53.5 Å². The maximum absolute atomic E-state index is 5.98. The second-order valence-corrected chi connectivity index (χ2v) is 6.89. The second kappa shape index (κ2) is 13.3. The highest BCUT2D eigenvalue weighted by atomic mass is 127. The average molecular weight is 512 g/mol. The lowest BCUT2D eigenvalue weighted by Crippen LogP contribution is -2.41. The maximum atomic E-state index is 5.98. The highest BCUT2D eigenvalue weighted by Gasteiger charge is 2.10. The molecular weight excluding hydrogens is 479 g/mol. The first-order valence-electron chi connectivity index (χ1n) is 9.49. The Kier molecular flexibility index (Phi) is 11.5. The van der Waals surface area contributed by atoms with E-state index in [9.17, 15) is 0 Å². The van der Waals surface area contributed by atoms with Crippen molar-refractivity contribution in [2.24, 2.45) is 4.99 Å². The van der Waals surface area contributed by atoms with E-state index in [1.165, 1.54) is 11.1 Å². The maximum Gasteiger partial charge on any atom is 0.191 e. The van der Waals surface area contributed by atoms with E-state index in [0.29, 0.717) is 13.1 Å². The summed E-state index contributed by atoms with van der Waals surface area (Å²) in [6.07, 6.45) is -0.0455. The second-order valence-electron chi connectivity index (χ2n) is 6.89. The first kappa shape index (κ1) is 25.0. The van der Waals surface area contributed by atoms with E-state index in [1.807, 2.05) is 31.2 Å². The molecule has 2 rings (SSSR count). The third kappa shape index (κ3) is 8.49. The number of benzene rings is 2. The molecule has 2 aromatic carbocycles. The van der Waals surface area contributed by atoms with Crippen LogP contribution in [0.25, 0.3) is 0 Å². The van der Waals surface area contributed by atoms with E-state index in [0.717, 1.165) is 24.0 Å². The van der Waals surface area contributed by atoms with E-state index in [2.05, 4.69) is 58.9 Å². The SMILES string of the molecule is CN=C(NCc1ccccc1CN(C)C)NCC(C)Oc1ccccc1OC.I. The van der Waals surface area contributed by atoms with Crippen LogP contribution in [0, 0.1) is 0 Å². The van der Waals surface area contributed by atoms with E-state index in [1.54, 1.807) is 14.2 Å². The highest BCUT2D eigenvalue weighted by molar-refractivity contribution is 14.0. The number of aliphatic imine (C=N–C) groups is 1. The number of nitrogens with zero attached hydrogens (tertiary/aromatic N) is 2. The van der Waals surface area contributed by atoms with Crippen molar-refractivity contribution in [2.45, 2.75) is 26.1 Å². The minimum Gasteiger partial charge on any atom is -0.493 e. The van der Waals surface area contributed by atoms with Crippen LogP contribution in [0.5, 0.6) is 11.5 Å². The smallest absolute Gasteiger partial charge is 0.191 e. The van der Waals surface area contributed by atoms with Crippen LogP contribution < -0.4 is 20.1 Å². The molecule has 0 spiro atoms. The van der Waals surface area contributed by atoms with E-state index >= 15 is 0 Å². The van der Waals surface area contributed by atoms with Gasteiger partial charge in [0.25, 0.3) is 0 Å². The molecule has 2 N–H and O–H groups in total. The molecule has 0 bridgehead atoms. The standard InChI is InChI=1S/C22H32N4O2.HI/c1-17(28-21-13-9-8-12-20(21)27-5)14-24-22(23-2)25-15-18-10-6-7-11-19(18)16-26(3)4;/h6-13,17H,14-16H2,1-5H3,(H2,23,24,25);1H. The number of hydrogen-bond donors (Lipinski definition) is 2. The summed E-state index contributed by atoms with van der Waals surface area (Å²) in [4.78, 5) is 6.48. The minimum absolute atomic E-state index is 0. The number of para-hydroxylation sites is 2. The highest BCUT2D eigenvalue weighted by Crippen LogP contribution is 2.26. The van der Waals surface area contributed by atoms with Crippen molar-refractivity contribution >= 4 is 29.9 Å². The van der Waals surface area contributed by atoms with Crippen LogP contribution >= 0.6 is 24.0 Å². The first-order chi connectivity index (χ1) is 13.5. The summed E-state index contributed by atoms with van der Waals surface area (Å²) in [7, 11) is 7.57. The number of halogens is 1. The molecule has 0 radical (unpaired) electrons. The lowest BCUT2D eigenvalue weighted by molar-refractivity contribution is 0.213. The molecule has 1 unspecified atom stereocenters. The number of methoxy groups -OCH3 is 1. The zero-order valence-corrected chi connectivity index (χ0v) is 20.3. The molecule has 0 saturated heterocycles. The minimum atomic E-state index is -0.0455. The van der Waals surface area contributed by atoms with Gasteiger partial charge >= 0.3 is 0 Å². The zero-order chi connectivity index (χ0) is 20.4. The van der Waals surface area contributed by atoms with Crippen molar-refractivity contribution < 1.29 is 9.47 Å². The Labute approximate surface area is 191 Å². The number of nitrogens with one attached hydrogen (secondary N) is 2. The summed E-state index contributed by atoms with van der Waals surface area (Å²) in [6.45, 7) is 4.26. The fraction of sp³-hybridized carbons (Fsp3) is 0.409. The summed E-state index contributed by atoms with van der Waals surface area (Å²) >= 11 is 0.